The van der Waals surface area contributed by atoms with Gasteiger partial charge in [0.2, 0.25) is 5.91 Å². The molecule has 2 heterocycles. The fraction of sp³-hybridized carbons (Fsp3) is 0.325. The maximum Gasteiger partial charge on any atom is 0.335 e. The second kappa shape index (κ2) is 18.1. The Morgan fingerprint density at radius 2 is 1.36 bits per heavy atom. The van der Waals surface area contributed by atoms with Crippen molar-refractivity contribution in [2.24, 2.45) is 0 Å². The highest BCUT2D eigenvalue weighted by Gasteiger charge is 2.27. The molecule has 1 saturated heterocycles. The maximum absolute atomic E-state index is 13.8. The van der Waals surface area contributed by atoms with E-state index in [-0.39, 0.29) is 48.5 Å². The van der Waals surface area contributed by atoms with E-state index in [9.17, 15) is 24.0 Å². The summed E-state index contributed by atoms with van der Waals surface area (Å²) in [4.78, 5) is 66.7. The number of nitrogens with zero attached hydrogens (tertiary/aromatic N) is 2. The summed E-state index contributed by atoms with van der Waals surface area (Å²) in [5, 5.41) is 24.6. The number of rotatable bonds is 13. The first-order valence-corrected chi connectivity index (χ1v) is 18.4. The van der Waals surface area contributed by atoms with Crippen LogP contribution in [0.2, 0.25) is 0 Å². The third-order valence-corrected chi connectivity index (χ3v) is 10.8. The predicted molar refractivity (Wildman–Crippen MR) is 207 cm³/mol. The number of amides is 3. The first-order valence-electron chi connectivity index (χ1n) is 17.6. The Labute approximate surface area is 318 Å². The van der Waals surface area contributed by atoms with Gasteiger partial charge in [0, 0.05) is 55.3 Å². The number of aromatic carboxylic acids is 1. The molecule has 0 atom stereocenters. The Morgan fingerprint density at radius 1 is 0.698 bits per heavy atom. The average Bonchev–Trinajstić information content (AvgIpc) is 3.52. The van der Waals surface area contributed by atoms with Crippen LogP contribution in [-0.4, -0.2) is 75.9 Å². The van der Waals surface area contributed by atoms with Gasteiger partial charge in [0.15, 0.2) is 0 Å². The fourth-order valence-corrected chi connectivity index (χ4v) is 8.00. The van der Waals surface area contributed by atoms with E-state index in [4.69, 9.17) is 10.2 Å². The highest BCUT2D eigenvalue weighted by molar-refractivity contribution is 7.17. The summed E-state index contributed by atoms with van der Waals surface area (Å²) in [6.07, 6.45) is 5.05. The van der Waals surface area contributed by atoms with Crippen molar-refractivity contribution in [2.75, 3.05) is 36.8 Å². The molecule has 0 spiro atoms. The van der Waals surface area contributed by atoms with E-state index < -0.39 is 11.9 Å². The van der Waals surface area contributed by atoms with Gasteiger partial charge >= 0.3 is 11.9 Å². The van der Waals surface area contributed by atoms with Crippen LogP contribution in [0.15, 0.2) is 72.8 Å². The number of fused-ring (bicyclic) bond motifs is 1. The molecule has 1 aliphatic heterocycles. The number of carboxylic acid groups (broad SMARTS) is 2. The van der Waals surface area contributed by atoms with E-state index in [1.807, 2.05) is 54.6 Å². The molecule has 13 heteroatoms. The molecule has 1 aliphatic carbocycles. The Morgan fingerprint density at radius 3 is 2.02 bits per heavy atom. The van der Waals surface area contributed by atoms with Gasteiger partial charge in [-0.1, -0.05) is 36.4 Å². The number of benzene rings is 3. The van der Waals surface area contributed by atoms with E-state index in [2.05, 4.69) is 15.5 Å². The lowest BCUT2D eigenvalue weighted by atomic mass is 9.95. The summed E-state index contributed by atoms with van der Waals surface area (Å²) in [6, 6.07) is 22.0. The molecular formula is C40H43ClN4O7S. The minimum atomic E-state index is -0.978. The monoisotopic (exact) mass is 758 g/mol. The van der Waals surface area contributed by atoms with Gasteiger partial charge in [-0.2, -0.15) is 0 Å². The van der Waals surface area contributed by atoms with Crippen LogP contribution >= 0.6 is 23.7 Å². The lowest BCUT2D eigenvalue weighted by Crippen LogP contribution is -2.48. The zero-order chi connectivity index (χ0) is 36.6. The van der Waals surface area contributed by atoms with Crippen molar-refractivity contribution in [1.82, 2.24) is 9.80 Å². The molecule has 0 unspecified atom stereocenters. The summed E-state index contributed by atoms with van der Waals surface area (Å²) in [6.45, 7) is 2.98. The van der Waals surface area contributed by atoms with Gasteiger partial charge in [-0.05, 0) is 97.2 Å². The number of aryl methyl sites for hydroxylation is 3. The first kappa shape index (κ1) is 39.2. The Hall–Kier alpha value is -5.04. The molecule has 278 valence electrons. The van der Waals surface area contributed by atoms with Crippen LogP contribution in [0.25, 0.3) is 0 Å². The van der Waals surface area contributed by atoms with Crippen LogP contribution in [0.5, 0.6) is 0 Å². The second-order valence-corrected chi connectivity index (χ2v) is 14.4. The van der Waals surface area contributed by atoms with Gasteiger partial charge in [0.05, 0.1) is 17.5 Å². The van der Waals surface area contributed by atoms with Crippen molar-refractivity contribution in [3.63, 3.8) is 0 Å². The number of hydrogen-bond acceptors (Lipinski definition) is 7. The molecule has 0 radical (unpaired) electrons. The lowest BCUT2D eigenvalue weighted by Gasteiger charge is -2.34. The maximum atomic E-state index is 13.8. The van der Waals surface area contributed by atoms with Crippen molar-refractivity contribution in [3.8, 4) is 0 Å². The number of hydrogen-bond donors (Lipinski definition) is 4. The molecule has 3 amide bonds. The van der Waals surface area contributed by atoms with Crippen molar-refractivity contribution < 1.29 is 34.2 Å². The van der Waals surface area contributed by atoms with E-state index in [0.29, 0.717) is 54.5 Å². The van der Waals surface area contributed by atoms with Gasteiger partial charge in [-0.25, -0.2) is 4.79 Å². The zero-order valence-electron chi connectivity index (χ0n) is 29.3. The van der Waals surface area contributed by atoms with E-state index >= 15 is 0 Å². The molecule has 53 heavy (non-hydrogen) atoms. The van der Waals surface area contributed by atoms with Crippen LogP contribution < -0.4 is 10.6 Å². The van der Waals surface area contributed by atoms with Crippen LogP contribution in [0.3, 0.4) is 0 Å². The summed E-state index contributed by atoms with van der Waals surface area (Å²) in [5.74, 6) is -2.60. The number of thiophene rings is 1. The highest BCUT2D eigenvalue weighted by atomic mass is 35.5. The van der Waals surface area contributed by atoms with Crippen molar-refractivity contribution in [3.05, 3.63) is 117 Å². The number of aliphatic carboxylic acids is 1. The van der Waals surface area contributed by atoms with Crippen molar-refractivity contribution in [1.29, 1.82) is 0 Å². The molecule has 4 aromatic rings. The topological polar surface area (TPSA) is 156 Å². The number of carboxylic acids is 2. The second-order valence-electron chi connectivity index (χ2n) is 13.3. The number of piperazine rings is 1. The van der Waals surface area contributed by atoms with Crippen molar-refractivity contribution in [2.45, 2.75) is 57.9 Å². The molecule has 1 aromatic heterocycles. The summed E-state index contributed by atoms with van der Waals surface area (Å²) in [5.41, 5.74) is 6.04. The smallest absolute Gasteiger partial charge is 0.335 e. The molecule has 4 N–H and O–H groups in total. The molecule has 0 saturated carbocycles. The number of carbonyl (C=O) groups is 5. The Kier molecular flexibility index (Phi) is 13.4. The molecule has 3 aromatic carbocycles. The Bertz CT molecular complexity index is 1950. The van der Waals surface area contributed by atoms with E-state index in [0.717, 1.165) is 65.7 Å². The van der Waals surface area contributed by atoms with Crippen LogP contribution in [-0.2, 0) is 41.8 Å². The SMILES string of the molecule is Cl.O=C(O)CCC(=O)N1CCN(Cc2cccc(C(=O)Nc3sc4c(c3C(=O)Nc3ccc(CCc5ccc(C(=O)O)cc5)cc3)CCCC4)c2)CC1. The summed E-state index contributed by atoms with van der Waals surface area (Å²) in [7, 11) is 0. The third kappa shape index (κ3) is 10.3. The largest absolute Gasteiger partial charge is 0.481 e. The van der Waals surface area contributed by atoms with Gasteiger partial charge in [0.25, 0.3) is 11.8 Å². The van der Waals surface area contributed by atoms with E-state index in [1.54, 1.807) is 23.1 Å². The molecule has 0 bridgehead atoms. The number of halogens is 1. The fourth-order valence-electron chi connectivity index (χ4n) is 6.72. The number of nitrogens with one attached hydrogen (secondary N) is 2. The zero-order valence-corrected chi connectivity index (χ0v) is 30.9. The van der Waals surface area contributed by atoms with Gasteiger partial charge < -0.3 is 25.7 Å². The molecule has 11 nitrogen and oxygen atoms in total. The third-order valence-electron chi connectivity index (χ3n) is 9.61. The summed E-state index contributed by atoms with van der Waals surface area (Å²) >= 11 is 1.47. The number of carbonyl (C=O) groups excluding carboxylic acids is 3. The summed E-state index contributed by atoms with van der Waals surface area (Å²) < 4.78 is 0. The quantitative estimate of drug-likeness (QED) is 0.120. The minimum absolute atomic E-state index is 0. The standard InChI is InChI=1S/C40H42N4O7S.ClH/c45-34(18-19-35(46)47)44-22-20-43(21-23-44)25-28-4-3-5-30(24-28)37(48)42-39-36(32-6-1-2-7-33(32)52-39)38(49)41-31-16-12-27(13-17-31)9-8-26-10-14-29(15-11-26)40(50)51;/h3-5,10-17,24H,1-2,6-9,18-23,25H2,(H,41,49)(H,42,48)(H,46,47)(H,50,51);1H. The van der Waals surface area contributed by atoms with E-state index in [1.165, 1.54) is 11.3 Å². The van der Waals surface area contributed by atoms with Crippen molar-refractivity contribution >= 4 is 64.1 Å². The lowest BCUT2D eigenvalue weighted by molar-refractivity contribution is -0.141. The van der Waals surface area contributed by atoms with Gasteiger partial charge in [-0.15, -0.1) is 23.7 Å². The van der Waals surface area contributed by atoms with Crippen LogP contribution in [0.1, 0.15) is 83.9 Å². The molecule has 1 fully saturated rings. The van der Waals surface area contributed by atoms with Crippen LogP contribution in [0, 0.1) is 0 Å². The Balaban J connectivity index is 0.00000541. The van der Waals surface area contributed by atoms with Crippen LogP contribution in [0.4, 0.5) is 10.7 Å². The first-order chi connectivity index (χ1) is 25.1. The minimum Gasteiger partial charge on any atom is -0.481 e. The normalized spacial score (nSPS) is 14.1. The molecular weight excluding hydrogens is 716 g/mol. The average molecular weight is 759 g/mol. The predicted octanol–water partition coefficient (Wildman–Crippen LogP) is 6.55. The molecule has 2 aliphatic rings. The van der Waals surface area contributed by atoms with Gasteiger partial charge in [0.1, 0.15) is 5.00 Å². The highest BCUT2D eigenvalue weighted by Crippen LogP contribution is 2.39. The van der Waals surface area contributed by atoms with Gasteiger partial charge in [-0.3, -0.25) is 24.1 Å². The molecule has 6 rings (SSSR count). The number of anilines is 2.